The van der Waals surface area contributed by atoms with Gasteiger partial charge in [0.25, 0.3) is 0 Å². The van der Waals surface area contributed by atoms with E-state index in [1.807, 2.05) is 18.2 Å². The third kappa shape index (κ3) is 2.29. The highest BCUT2D eigenvalue weighted by Crippen LogP contribution is 2.18. The standard InChI is InChI=1S/C16H14F2N2/c1-2-10-6-7-13-14(8-10)20-15(19-13)9-11-4-3-5-12(17)16(11)18/h3-8H,2,9H2,1H3,(H,19,20). The molecule has 0 aliphatic rings. The van der Waals surface area contributed by atoms with E-state index in [2.05, 4.69) is 16.9 Å². The molecule has 0 saturated heterocycles. The van der Waals surface area contributed by atoms with Crippen LogP contribution in [0.1, 0.15) is 23.9 Å². The third-order valence-corrected chi connectivity index (χ3v) is 3.39. The van der Waals surface area contributed by atoms with Crippen LogP contribution in [0.5, 0.6) is 0 Å². The van der Waals surface area contributed by atoms with Gasteiger partial charge < -0.3 is 4.98 Å². The second kappa shape index (κ2) is 5.04. The normalized spacial score (nSPS) is 11.2. The van der Waals surface area contributed by atoms with Crippen molar-refractivity contribution < 1.29 is 8.78 Å². The Morgan fingerprint density at radius 2 is 2.00 bits per heavy atom. The summed E-state index contributed by atoms with van der Waals surface area (Å²) in [5.41, 5.74) is 3.29. The molecule has 3 aromatic rings. The first-order chi connectivity index (χ1) is 9.67. The Morgan fingerprint density at radius 3 is 2.80 bits per heavy atom. The van der Waals surface area contributed by atoms with Crippen LogP contribution in [0.4, 0.5) is 8.78 Å². The number of aromatic nitrogens is 2. The molecule has 102 valence electrons. The van der Waals surface area contributed by atoms with E-state index in [0.717, 1.165) is 23.5 Å². The van der Waals surface area contributed by atoms with E-state index in [4.69, 9.17) is 0 Å². The first-order valence-electron chi connectivity index (χ1n) is 6.57. The molecule has 0 amide bonds. The van der Waals surface area contributed by atoms with Gasteiger partial charge in [0.1, 0.15) is 5.82 Å². The summed E-state index contributed by atoms with van der Waals surface area (Å²) >= 11 is 0. The first kappa shape index (κ1) is 12.8. The van der Waals surface area contributed by atoms with E-state index in [1.165, 1.54) is 11.6 Å². The van der Waals surface area contributed by atoms with Crippen molar-refractivity contribution in [3.05, 3.63) is 65.0 Å². The highest BCUT2D eigenvalue weighted by molar-refractivity contribution is 5.75. The molecule has 0 aliphatic carbocycles. The highest BCUT2D eigenvalue weighted by atomic mass is 19.2. The molecule has 2 nitrogen and oxygen atoms in total. The maximum absolute atomic E-state index is 13.6. The van der Waals surface area contributed by atoms with E-state index in [0.29, 0.717) is 11.4 Å². The zero-order valence-corrected chi connectivity index (χ0v) is 11.1. The summed E-state index contributed by atoms with van der Waals surface area (Å²) in [6.45, 7) is 2.08. The number of benzene rings is 2. The molecule has 0 atom stereocenters. The maximum Gasteiger partial charge on any atom is 0.162 e. The molecular formula is C16H14F2N2. The van der Waals surface area contributed by atoms with Crippen LogP contribution in [-0.2, 0) is 12.8 Å². The van der Waals surface area contributed by atoms with Crippen LogP contribution in [0.25, 0.3) is 11.0 Å². The van der Waals surface area contributed by atoms with Crippen LogP contribution in [-0.4, -0.2) is 9.97 Å². The van der Waals surface area contributed by atoms with E-state index in [1.54, 1.807) is 6.07 Å². The number of hydrogen-bond donors (Lipinski definition) is 1. The number of aryl methyl sites for hydroxylation is 1. The Balaban J connectivity index is 1.96. The molecule has 4 heteroatoms. The fourth-order valence-corrected chi connectivity index (χ4v) is 2.28. The van der Waals surface area contributed by atoms with Crippen LogP contribution < -0.4 is 0 Å². The summed E-state index contributed by atoms with van der Waals surface area (Å²) in [4.78, 5) is 7.57. The number of nitrogens with one attached hydrogen (secondary N) is 1. The molecule has 20 heavy (non-hydrogen) atoms. The van der Waals surface area contributed by atoms with Gasteiger partial charge in [0, 0.05) is 6.42 Å². The second-order valence-electron chi connectivity index (χ2n) is 4.78. The van der Waals surface area contributed by atoms with Crippen LogP contribution in [0.3, 0.4) is 0 Å². The molecule has 0 bridgehead atoms. The summed E-state index contributed by atoms with van der Waals surface area (Å²) in [5.74, 6) is -0.994. The quantitative estimate of drug-likeness (QED) is 0.767. The molecule has 3 rings (SSSR count). The number of nitrogens with zero attached hydrogens (tertiary/aromatic N) is 1. The van der Waals surface area contributed by atoms with Gasteiger partial charge in [-0.05, 0) is 35.7 Å². The third-order valence-electron chi connectivity index (χ3n) is 3.39. The average Bonchev–Trinajstić information content (AvgIpc) is 2.85. The Hall–Kier alpha value is -2.23. The van der Waals surface area contributed by atoms with Gasteiger partial charge in [-0.3, -0.25) is 0 Å². The van der Waals surface area contributed by atoms with Crippen molar-refractivity contribution >= 4 is 11.0 Å². The SMILES string of the molecule is CCc1ccc2nc(Cc3cccc(F)c3F)[nH]c2c1. The number of fused-ring (bicyclic) bond motifs is 1. The van der Waals surface area contributed by atoms with Gasteiger partial charge >= 0.3 is 0 Å². The van der Waals surface area contributed by atoms with Crippen molar-refractivity contribution in [2.75, 3.05) is 0 Å². The van der Waals surface area contributed by atoms with Crippen molar-refractivity contribution in [1.82, 2.24) is 9.97 Å². The molecular weight excluding hydrogens is 258 g/mol. The topological polar surface area (TPSA) is 28.7 Å². The molecule has 1 heterocycles. The van der Waals surface area contributed by atoms with Crippen molar-refractivity contribution in [1.29, 1.82) is 0 Å². The summed E-state index contributed by atoms with van der Waals surface area (Å²) < 4.78 is 26.8. The van der Waals surface area contributed by atoms with E-state index < -0.39 is 11.6 Å². The van der Waals surface area contributed by atoms with Crippen molar-refractivity contribution in [3.63, 3.8) is 0 Å². The number of rotatable bonds is 3. The lowest BCUT2D eigenvalue weighted by molar-refractivity contribution is 0.500. The minimum absolute atomic E-state index is 0.250. The predicted octanol–water partition coefficient (Wildman–Crippen LogP) is 3.99. The van der Waals surface area contributed by atoms with Gasteiger partial charge in [0.15, 0.2) is 11.6 Å². The predicted molar refractivity (Wildman–Crippen MR) is 74.6 cm³/mol. The molecule has 0 aliphatic heterocycles. The lowest BCUT2D eigenvalue weighted by Gasteiger charge is -2.01. The second-order valence-corrected chi connectivity index (χ2v) is 4.78. The molecule has 2 aromatic carbocycles. The maximum atomic E-state index is 13.6. The Bertz CT molecular complexity index is 762. The van der Waals surface area contributed by atoms with E-state index in [-0.39, 0.29) is 6.42 Å². The van der Waals surface area contributed by atoms with Gasteiger partial charge in [-0.2, -0.15) is 0 Å². The number of hydrogen-bond acceptors (Lipinski definition) is 1. The van der Waals surface area contributed by atoms with Gasteiger partial charge in [-0.25, -0.2) is 13.8 Å². The van der Waals surface area contributed by atoms with E-state index in [9.17, 15) is 8.78 Å². The van der Waals surface area contributed by atoms with Crippen molar-refractivity contribution in [2.45, 2.75) is 19.8 Å². The summed E-state index contributed by atoms with van der Waals surface area (Å²) in [6.07, 6.45) is 1.20. The molecule has 0 fully saturated rings. The molecule has 0 spiro atoms. The van der Waals surface area contributed by atoms with Gasteiger partial charge in [0.2, 0.25) is 0 Å². The van der Waals surface area contributed by atoms with Crippen LogP contribution >= 0.6 is 0 Å². The highest BCUT2D eigenvalue weighted by Gasteiger charge is 2.10. The number of H-pyrrole nitrogens is 1. The Morgan fingerprint density at radius 1 is 1.15 bits per heavy atom. The number of imidazole rings is 1. The minimum atomic E-state index is -0.827. The zero-order chi connectivity index (χ0) is 14.1. The smallest absolute Gasteiger partial charge is 0.162 e. The molecule has 0 unspecified atom stereocenters. The van der Waals surface area contributed by atoms with Crippen LogP contribution in [0.2, 0.25) is 0 Å². The van der Waals surface area contributed by atoms with E-state index >= 15 is 0 Å². The van der Waals surface area contributed by atoms with Crippen molar-refractivity contribution in [2.24, 2.45) is 0 Å². The Kier molecular flexibility index (Phi) is 3.22. The van der Waals surface area contributed by atoms with Crippen LogP contribution in [0.15, 0.2) is 36.4 Å². The molecule has 0 radical (unpaired) electrons. The molecule has 1 aromatic heterocycles. The van der Waals surface area contributed by atoms with Gasteiger partial charge in [-0.1, -0.05) is 25.1 Å². The fraction of sp³-hybridized carbons (Fsp3) is 0.188. The molecule has 1 N–H and O–H groups in total. The average molecular weight is 272 g/mol. The lowest BCUT2D eigenvalue weighted by atomic mass is 10.1. The molecule has 0 saturated carbocycles. The first-order valence-corrected chi connectivity index (χ1v) is 6.57. The summed E-state index contributed by atoms with van der Waals surface area (Å²) in [5, 5.41) is 0. The lowest BCUT2D eigenvalue weighted by Crippen LogP contribution is -1.97. The fourth-order valence-electron chi connectivity index (χ4n) is 2.28. The van der Waals surface area contributed by atoms with Crippen molar-refractivity contribution in [3.8, 4) is 0 Å². The largest absolute Gasteiger partial charge is 0.342 e. The van der Waals surface area contributed by atoms with Gasteiger partial charge in [0.05, 0.1) is 11.0 Å². The zero-order valence-electron chi connectivity index (χ0n) is 11.1. The van der Waals surface area contributed by atoms with Gasteiger partial charge in [-0.15, -0.1) is 0 Å². The summed E-state index contributed by atoms with van der Waals surface area (Å²) in [7, 11) is 0. The minimum Gasteiger partial charge on any atom is -0.342 e. The van der Waals surface area contributed by atoms with Crippen LogP contribution in [0, 0.1) is 11.6 Å². The Labute approximate surface area is 115 Å². The number of halogens is 2. The summed E-state index contributed by atoms with van der Waals surface area (Å²) in [6, 6.07) is 10.2. The monoisotopic (exact) mass is 272 g/mol. The number of aromatic amines is 1.